The highest BCUT2D eigenvalue weighted by molar-refractivity contribution is 6.31. The zero-order chi connectivity index (χ0) is 19.8. The maximum Gasteiger partial charge on any atom is 0.176 e. The average molecular weight is 433 g/mol. The molecular weight excluding hydrogens is 407 g/mol. The summed E-state index contributed by atoms with van der Waals surface area (Å²) in [6.07, 6.45) is 5.52. The first kappa shape index (κ1) is 23.1. The third-order valence-electron chi connectivity index (χ3n) is 4.74. The van der Waals surface area contributed by atoms with Crippen molar-refractivity contribution in [1.29, 1.82) is 0 Å². The van der Waals surface area contributed by atoms with E-state index in [4.69, 9.17) is 17.3 Å². The van der Waals surface area contributed by atoms with Crippen molar-refractivity contribution in [1.82, 2.24) is 9.91 Å². The first-order valence-corrected chi connectivity index (χ1v) is 9.79. The smallest absolute Gasteiger partial charge is 0.176 e. The van der Waals surface area contributed by atoms with Crippen molar-refractivity contribution < 1.29 is 4.79 Å². The van der Waals surface area contributed by atoms with E-state index < -0.39 is 0 Å². The van der Waals surface area contributed by atoms with Crippen LogP contribution in [0.5, 0.6) is 0 Å². The Labute approximate surface area is 183 Å². The summed E-state index contributed by atoms with van der Waals surface area (Å²) in [5.41, 5.74) is 8.13. The minimum absolute atomic E-state index is 0. The minimum atomic E-state index is -0.0631. The third kappa shape index (κ3) is 6.68. The monoisotopic (exact) mass is 432 g/mol. The maximum atomic E-state index is 11.9. The van der Waals surface area contributed by atoms with Crippen LogP contribution in [0.1, 0.15) is 21.5 Å². The molecule has 0 aliphatic carbocycles. The van der Waals surface area contributed by atoms with Crippen molar-refractivity contribution in [2.45, 2.75) is 6.54 Å². The summed E-state index contributed by atoms with van der Waals surface area (Å²) in [5.74, 6) is -0.0631. The number of carbonyl (C=O) groups is 1. The fourth-order valence-electron chi connectivity index (χ4n) is 3.16. The summed E-state index contributed by atoms with van der Waals surface area (Å²) in [6.45, 7) is 4.51. The molecule has 0 bridgehead atoms. The third-order valence-corrected chi connectivity index (χ3v) is 5.11. The Morgan fingerprint density at radius 1 is 1.07 bits per heavy atom. The number of hydrogen-bond acceptors (Lipinski definition) is 5. The molecule has 2 aromatic rings. The number of piperazine rings is 1. The lowest BCUT2D eigenvalue weighted by Crippen LogP contribution is -2.43. The molecule has 1 fully saturated rings. The topological polar surface area (TPSA) is 61.9 Å². The van der Waals surface area contributed by atoms with Gasteiger partial charge in [0.05, 0.1) is 6.54 Å². The van der Waals surface area contributed by atoms with Gasteiger partial charge >= 0.3 is 0 Å². The summed E-state index contributed by atoms with van der Waals surface area (Å²) in [4.78, 5) is 14.3. The number of nitrogens with zero attached hydrogens (tertiary/aromatic N) is 3. The number of hydrogen-bond donors (Lipinski definition) is 1. The maximum absolute atomic E-state index is 11.9. The SMILES string of the molecule is Cl.NCC(=O)c1ccccc1/C=C/C=N/N1CCN(Cc2ccccc2Cl)CC1. The molecule has 2 aromatic carbocycles. The predicted molar refractivity (Wildman–Crippen MR) is 123 cm³/mol. The molecule has 1 aliphatic heterocycles. The number of nitrogens with two attached hydrogens (primary N) is 1. The van der Waals surface area contributed by atoms with Crippen LogP contribution in [0.25, 0.3) is 6.08 Å². The van der Waals surface area contributed by atoms with Gasteiger partial charge in [0.25, 0.3) is 0 Å². The van der Waals surface area contributed by atoms with E-state index in [0.717, 1.165) is 48.9 Å². The number of rotatable bonds is 7. The number of carbonyl (C=O) groups excluding carboxylic acids is 1. The number of hydrazone groups is 1. The summed E-state index contributed by atoms with van der Waals surface area (Å²) < 4.78 is 0. The second-order valence-electron chi connectivity index (χ2n) is 6.66. The van der Waals surface area contributed by atoms with E-state index in [-0.39, 0.29) is 24.7 Å². The molecule has 3 rings (SSSR count). The molecule has 154 valence electrons. The van der Waals surface area contributed by atoms with Gasteiger partial charge in [-0.1, -0.05) is 60.1 Å². The number of benzene rings is 2. The summed E-state index contributed by atoms with van der Waals surface area (Å²) in [6, 6.07) is 15.4. The molecule has 29 heavy (non-hydrogen) atoms. The van der Waals surface area contributed by atoms with E-state index in [0.29, 0.717) is 5.56 Å². The van der Waals surface area contributed by atoms with E-state index in [1.807, 2.05) is 48.6 Å². The molecule has 7 heteroatoms. The molecule has 1 saturated heterocycles. The van der Waals surface area contributed by atoms with Crippen LogP contribution >= 0.6 is 24.0 Å². The van der Waals surface area contributed by atoms with Crippen molar-refractivity contribution in [3.05, 3.63) is 76.3 Å². The molecule has 0 saturated carbocycles. The lowest BCUT2D eigenvalue weighted by atomic mass is 10.0. The highest BCUT2D eigenvalue weighted by Crippen LogP contribution is 2.18. The second-order valence-corrected chi connectivity index (χ2v) is 7.07. The molecular formula is C22H26Cl2N4O. The molecule has 0 amide bonds. The predicted octanol–water partition coefficient (Wildman–Crippen LogP) is 3.72. The van der Waals surface area contributed by atoms with Crippen molar-refractivity contribution >= 4 is 42.1 Å². The van der Waals surface area contributed by atoms with Crippen LogP contribution < -0.4 is 5.73 Å². The van der Waals surface area contributed by atoms with Gasteiger partial charge in [-0.3, -0.25) is 14.7 Å². The van der Waals surface area contributed by atoms with E-state index in [1.165, 1.54) is 0 Å². The van der Waals surface area contributed by atoms with Crippen molar-refractivity contribution in [3.8, 4) is 0 Å². The lowest BCUT2D eigenvalue weighted by Gasteiger charge is -2.33. The van der Waals surface area contributed by atoms with Gasteiger partial charge in [0, 0.05) is 49.5 Å². The number of ketones is 1. The summed E-state index contributed by atoms with van der Waals surface area (Å²) in [5, 5.41) is 7.39. The average Bonchev–Trinajstić information content (AvgIpc) is 2.74. The Balaban J connectivity index is 0.00000300. The van der Waals surface area contributed by atoms with Gasteiger partial charge in [-0.25, -0.2) is 0 Å². The Morgan fingerprint density at radius 3 is 2.48 bits per heavy atom. The summed E-state index contributed by atoms with van der Waals surface area (Å²) in [7, 11) is 0. The van der Waals surface area contributed by atoms with Gasteiger partial charge in [-0.15, -0.1) is 12.4 Å². The van der Waals surface area contributed by atoms with Crippen LogP contribution in [0, 0.1) is 0 Å². The van der Waals surface area contributed by atoms with Crippen LogP contribution in [0.3, 0.4) is 0 Å². The largest absolute Gasteiger partial charge is 0.324 e. The van der Waals surface area contributed by atoms with Crippen LogP contribution in [0.4, 0.5) is 0 Å². The number of Topliss-reactive ketones (excluding diaryl/α,β-unsaturated/α-hetero) is 1. The van der Waals surface area contributed by atoms with Gasteiger partial charge in [-0.05, 0) is 23.3 Å². The van der Waals surface area contributed by atoms with Gasteiger partial charge < -0.3 is 5.73 Å². The standard InChI is InChI=1S/C22H25ClN4O.ClH/c23-21-10-4-2-7-19(21)17-26-12-14-27(15-13-26)25-11-5-8-18-6-1-3-9-20(18)22(28)16-24;/h1-11H,12-17,24H2;1H/b8-5+,25-11+;. The normalized spacial score (nSPS) is 15.0. The van der Waals surface area contributed by atoms with Crippen LogP contribution in [-0.4, -0.2) is 54.6 Å². The highest BCUT2D eigenvalue weighted by Gasteiger charge is 2.16. The molecule has 2 N–H and O–H groups in total. The van der Waals surface area contributed by atoms with Crippen LogP contribution in [0.2, 0.25) is 5.02 Å². The first-order chi connectivity index (χ1) is 13.7. The van der Waals surface area contributed by atoms with Crippen molar-refractivity contribution in [3.63, 3.8) is 0 Å². The minimum Gasteiger partial charge on any atom is -0.324 e. The molecule has 0 spiro atoms. The zero-order valence-corrected chi connectivity index (χ0v) is 17.8. The van der Waals surface area contributed by atoms with Crippen molar-refractivity contribution in [2.75, 3.05) is 32.7 Å². The quantitative estimate of drug-likeness (QED) is 0.534. The van der Waals surface area contributed by atoms with Crippen LogP contribution in [0.15, 0.2) is 59.7 Å². The number of allylic oxidation sites excluding steroid dienone is 1. The zero-order valence-electron chi connectivity index (χ0n) is 16.2. The Bertz CT molecular complexity index is 861. The molecule has 1 aliphatic rings. The van der Waals surface area contributed by atoms with Crippen LogP contribution in [-0.2, 0) is 6.54 Å². The molecule has 5 nitrogen and oxygen atoms in total. The highest BCUT2D eigenvalue weighted by atomic mass is 35.5. The Hall–Kier alpha value is -2.18. The van der Waals surface area contributed by atoms with E-state index in [9.17, 15) is 4.79 Å². The van der Waals surface area contributed by atoms with Gasteiger partial charge in [-0.2, -0.15) is 5.10 Å². The van der Waals surface area contributed by atoms with E-state index in [1.54, 1.807) is 12.3 Å². The molecule has 0 radical (unpaired) electrons. The van der Waals surface area contributed by atoms with Gasteiger partial charge in [0.1, 0.15) is 0 Å². The fraction of sp³-hybridized carbons (Fsp3) is 0.273. The first-order valence-electron chi connectivity index (χ1n) is 9.41. The van der Waals surface area contributed by atoms with Crippen molar-refractivity contribution in [2.24, 2.45) is 10.8 Å². The lowest BCUT2D eigenvalue weighted by molar-refractivity contribution is 0.100. The second kappa shape index (κ2) is 11.7. The van der Waals surface area contributed by atoms with E-state index >= 15 is 0 Å². The van der Waals surface area contributed by atoms with Gasteiger partial charge in [0.15, 0.2) is 5.78 Å². The molecule has 0 aromatic heterocycles. The molecule has 1 heterocycles. The molecule has 0 atom stereocenters. The number of halogens is 2. The fourth-order valence-corrected chi connectivity index (χ4v) is 3.36. The summed E-state index contributed by atoms with van der Waals surface area (Å²) >= 11 is 6.25. The van der Waals surface area contributed by atoms with E-state index in [2.05, 4.69) is 21.1 Å². The van der Waals surface area contributed by atoms with Gasteiger partial charge in [0.2, 0.25) is 0 Å². The Kier molecular flexibility index (Phi) is 9.35. The Morgan fingerprint density at radius 2 is 1.76 bits per heavy atom. The molecule has 0 unspecified atom stereocenters.